The van der Waals surface area contributed by atoms with Crippen LogP contribution in [0.2, 0.25) is 0 Å². The second-order valence-electron chi connectivity index (χ2n) is 7.45. The SMILES string of the molecule is CCNC(=NCC1(SC)CCOCC1)NCCC(OCC)C1CCCC1.I. The molecule has 0 radical (unpaired) electrons. The molecule has 1 heterocycles. The molecular formula is C20H40IN3O2S. The van der Waals surface area contributed by atoms with Crippen molar-refractivity contribution in [1.29, 1.82) is 0 Å². The first-order valence-corrected chi connectivity index (χ1v) is 11.7. The van der Waals surface area contributed by atoms with Crippen LogP contribution >= 0.6 is 35.7 Å². The number of nitrogens with one attached hydrogen (secondary N) is 2. The fraction of sp³-hybridized carbons (Fsp3) is 0.950. The summed E-state index contributed by atoms with van der Waals surface area (Å²) < 4.78 is 11.8. The lowest BCUT2D eigenvalue weighted by Gasteiger charge is -2.34. The van der Waals surface area contributed by atoms with Crippen molar-refractivity contribution < 1.29 is 9.47 Å². The molecule has 1 atom stereocenters. The highest BCUT2D eigenvalue weighted by molar-refractivity contribution is 14.0. The summed E-state index contributed by atoms with van der Waals surface area (Å²) in [6.07, 6.45) is 11.2. The molecule has 160 valence electrons. The standard InChI is InChI=1S/C20H39N3O2S.HI/c1-4-21-19(23-16-20(26-3)11-14-24-15-12-20)22-13-10-18(25-5-2)17-8-6-7-9-17;/h17-18H,4-16H2,1-3H3,(H2,21,22,23);1H. The summed E-state index contributed by atoms with van der Waals surface area (Å²) in [7, 11) is 0. The molecule has 2 aliphatic rings. The lowest BCUT2D eigenvalue weighted by atomic mass is 9.98. The van der Waals surface area contributed by atoms with E-state index in [1.807, 2.05) is 11.8 Å². The Morgan fingerprint density at radius 3 is 2.52 bits per heavy atom. The lowest BCUT2D eigenvalue weighted by molar-refractivity contribution is 0.0169. The first-order chi connectivity index (χ1) is 12.7. The van der Waals surface area contributed by atoms with E-state index in [1.165, 1.54) is 25.7 Å². The van der Waals surface area contributed by atoms with Gasteiger partial charge < -0.3 is 20.1 Å². The van der Waals surface area contributed by atoms with E-state index in [9.17, 15) is 0 Å². The quantitative estimate of drug-likeness (QED) is 0.262. The summed E-state index contributed by atoms with van der Waals surface area (Å²) in [5.41, 5.74) is 0. The Morgan fingerprint density at radius 2 is 1.93 bits per heavy atom. The molecule has 1 aliphatic heterocycles. The largest absolute Gasteiger partial charge is 0.381 e. The molecule has 1 unspecified atom stereocenters. The molecule has 0 amide bonds. The Hall–Kier alpha value is 0.270. The third-order valence-electron chi connectivity index (χ3n) is 5.73. The maximum Gasteiger partial charge on any atom is 0.191 e. The predicted octanol–water partition coefficient (Wildman–Crippen LogP) is 4.06. The smallest absolute Gasteiger partial charge is 0.191 e. The van der Waals surface area contributed by atoms with Crippen LogP contribution in [0.3, 0.4) is 0 Å². The number of hydrogen-bond acceptors (Lipinski definition) is 4. The first kappa shape index (κ1) is 25.3. The molecule has 0 spiro atoms. The van der Waals surface area contributed by atoms with Crippen molar-refractivity contribution in [1.82, 2.24) is 10.6 Å². The Kier molecular flexibility index (Phi) is 13.4. The number of guanidine groups is 1. The minimum Gasteiger partial charge on any atom is -0.381 e. The molecule has 0 aromatic heterocycles. The van der Waals surface area contributed by atoms with Crippen molar-refractivity contribution in [2.75, 3.05) is 45.7 Å². The molecule has 1 saturated carbocycles. The Morgan fingerprint density at radius 1 is 1.22 bits per heavy atom. The van der Waals surface area contributed by atoms with Crippen LogP contribution in [-0.2, 0) is 9.47 Å². The third kappa shape index (κ3) is 8.66. The van der Waals surface area contributed by atoms with Crippen LogP contribution in [0.4, 0.5) is 0 Å². The molecule has 1 saturated heterocycles. The third-order valence-corrected chi connectivity index (χ3v) is 7.14. The number of rotatable bonds is 10. The Balaban J connectivity index is 0.00000364. The second kappa shape index (κ2) is 14.3. The van der Waals surface area contributed by atoms with Crippen molar-refractivity contribution in [3.05, 3.63) is 0 Å². The van der Waals surface area contributed by atoms with Crippen molar-refractivity contribution in [3.63, 3.8) is 0 Å². The van der Waals surface area contributed by atoms with E-state index >= 15 is 0 Å². The molecule has 5 nitrogen and oxygen atoms in total. The number of ether oxygens (including phenoxy) is 2. The molecular weight excluding hydrogens is 473 g/mol. The summed E-state index contributed by atoms with van der Waals surface area (Å²) in [6, 6.07) is 0. The number of thioether (sulfide) groups is 1. The van der Waals surface area contributed by atoms with Crippen molar-refractivity contribution in [2.45, 2.75) is 69.6 Å². The number of nitrogens with zero attached hydrogens (tertiary/aromatic N) is 1. The minimum atomic E-state index is 0. The first-order valence-electron chi connectivity index (χ1n) is 10.5. The van der Waals surface area contributed by atoms with Gasteiger partial charge in [0.05, 0.1) is 12.6 Å². The van der Waals surface area contributed by atoms with Crippen LogP contribution in [0.1, 0.15) is 58.8 Å². The maximum atomic E-state index is 6.04. The van der Waals surface area contributed by atoms with Crippen LogP contribution in [0.25, 0.3) is 0 Å². The predicted molar refractivity (Wildman–Crippen MR) is 128 cm³/mol. The summed E-state index contributed by atoms with van der Waals surface area (Å²) in [5, 5.41) is 6.93. The van der Waals surface area contributed by atoms with Crippen LogP contribution in [0, 0.1) is 5.92 Å². The fourth-order valence-electron chi connectivity index (χ4n) is 4.07. The van der Waals surface area contributed by atoms with Gasteiger partial charge in [-0.2, -0.15) is 11.8 Å². The normalized spacial score (nSPS) is 21.5. The van der Waals surface area contributed by atoms with E-state index in [4.69, 9.17) is 14.5 Å². The molecule has 2 fully saturated rings. The van der Waals surface area contributed by atoms with Gasteiger partial charge in [0.1, 0.15) is 0 Å². The average molecular weight is 514 g/mol. The van der Waals surface area contributed by atoms with Gasteiger partial charge in [-0.1, -0.05) is 12.8 Å². The van der Waals surface area contributed by atoms with E-state index in [-0.39, 0.29) is 28.7 Å². The molecule has 0 bridgehead atoms. The zero-order valence-corrected chi connectivity index (χ0v) is 20.6. The van der Waals surface area contributed by atoms with Crippen LogP contribution in [0.5, 0.6) is 0 Å². The van der Waals surface area contributed by atoms with E-state index in [2.05, 4.69) is 30.7 Å². The van der Waals surface area contributed by atoms with Crippen molar-refractivity contribution in [2.24, 2.45) is 10.9 Å². The lowest BCUT2D eigenvalue weighted by Crippen LogP contribution is -2.42. The summed E-state index contributed by atoms with van der Waals surface area (Å²) in [4.78, 5) is 4.90. The Bertz CT molecular complexity index is 414. The molecule has 0 aromatic rings. The van der Waals surface area contributed by atoms with Gasteiger partial charge in [0, 0.05) is 37.7 Å². The number of halogens is 1. The van der Waals surface area contributed by atoms with Gasteiger partial charge >= 0.3 is 0 Å². The van der Waals surface area contributed by atoms with Gasteiger partial charge in [-0.05, 0) is 58.1 Å². The van der Waals surface area contributed by atoms with E-state index in [0.717, 1.165) is 70.6 Å². The van der Waals surface area contributed by atoms with Gasteiger partial charge in [-0.3, -0.25) is 4.99 Å². The zero-order chi connectivity index (χ0) is 18.7. The summed E-state index contributed by atoms with van der Waals surface area (Å²) in [6.45, 7) is 9.42. The minimum absolute atomic E-state index is 0. The molecule has 1 aliphatic carbocycles. The van der Waals surface area contributed by atoms with Gasteiger partial charge in [0.15, 0.2) is 5.96 Å². The average Bonchev–Trinajstić information content (AvgIpc) is 3.21. The second-order valence-corrected chi connectivity index (χ2v) is 8.72. The summed E-state index contributed by atoms with van der Waals surface area (Å²) >= 11 is 1.94. The van der Waals surface area contributed by atoms with Crippen molar-refractivity contribution in [3.8, 4) is 0 Å². The monoisotopic (exact) mass is 513 g/mol. The van der Waals surface area contributed by atoms with E-state index in [0.29, 0.717) is 6.10 Å². The van der Waals surface area contributed by atoms with Gasteiger partial charge in [-0.15, -0.1) is 24.0 Å². The van der Waals surface area contributed by atoms with Crippen LogP contribution in [-0.4, -0.2) is 62.5 Å². The highest BCUT2D eigenvalue weighted by Gasteiger charge is 2.31. The fourth-order valence-corrected chi connectivity index (χ4v) is 4.83. The molecule has 0 aromatic carbocycles. The molecule has 2 rings (SSSR count). The molecule has 27 heavy (non-hydrogen) atoms. The number of hydrogen-bond donors (Lipinski definition) is 2. The molecule has 7 heteroatoms. The molecule has 2 N–H and O–H groups in total. The van der Waals surface area contributed by atoms with Crippen LogP contribution in [0.15, 0.2) is 4.99 Å². The van der Waals surface area contributed by atoms with Crippen molar-refractivity contribution >= 4 is 41.7 Å². The van der Waals surface area contributed by atoms with E-state index < -0.39 is 0 Å². The zero-order valence-electron chi connectivity index (χ0n) is 17.4. The summed E-state index contributed by atoms with van der Waals surface area (Å²) in [5.74, 6) is 1.69. The highest BCUT2D eigenvalue weighted by Crippen LogP contribution is 2.34. The highest BCUT2D eigenvalue weighted by atomic mass is 127. The van der Waals surface area contributed by atoms with Crippen LogP contribution < -0.4 is 10.6 Å². The topological polar surface area (TPSA) is 54.9 Å². The number of aliphatic imine (C=N–C) groups is 1. The van der Waals surface area contributed by atoms with Gasteiger partial charge in [-0.25, -0.2) is 0 Å². The maximum absolute atomic E-state index is 6.04. The van der Waals surface area contributed by atoms with Gasteiger partial charge in [0.25, 0.3) is 0 Å². The van der Waals surface area contributed by atoms with E-state index in [1.54, 1.807) is 0 Å². The Labute approximate surface area is 187 Å². The van der Waals surface area contributed by atoms with Gasteiger partial charge in [0.2, 0.25) is 0 Å².